The zero-order chi connectivity index (χ0) is 36.8. The third kappa shape index (κ3) is 8.15. The van der Waals surface area contributed by atoms with Crippen LogP contribution in [0.3, 0.4) is 0 Å². The van der Waals surface area contributed by atoms with E-state index in [0.717, 1.165) is 77.0 Å². The first-order valence-corrected chi connectivity index (χ1v) is 22.3. The molecule has 0 radical (unpaired) electrons. The molecule has 2 fully saturated rings. The van der Waals surface area contributed by atoms with Gasteiger partial charge in [-0.3, -0.25) is 9.88 Å². The fourth-order valence-corrected chi connectivity index (χ4v) is 9.44. The summed E-state index contributed by atoms with van der Waals surface area (Å²) in [5, 5.41) is 10.3. The molecule has 2 saturated heterocycles. The number of benzene rings is 1. The Kier molecular flexibility index (Phi) is 10.7. The Morgan fingerprint density at radius 2 is 1.92 bits per heavy atom. The average Bonchev–Trinajstić information content (AvgIpc) is 3.66. The number of nitrogens with zero attached hydrogens (tertiary/aromatic N) is 4. The van der Waals surface area contributed by atoms with Gasteiger partial charge in [-0.05, 0) is 114 Å². The van der Waals surface area contributed by atoms with Gasteiger partial charge in [0.15, 0.2) is 14.6 Å². The smallest absolute Gasteiger partial charge is 0.410 e. The molecule has 2 aromatic heterocycles. The highest BCUT2D eigenvalue weighted by Gasteiger charge is 2.49. The number of aromatic nitrogens is 1. The average molecular weight is 733 g/mol. The second-order valence-corrected chi connectivity index (χ2v) is 23.3. The van der Waals surface area contributed by atoms with Crippen molar-refractivity contribution in [3.05, 3.63) is 46.5 Å². The number of rotatable bonds is 8. The van der Waals surface area contributed by atoms with E-state index >= 15 is 0 Å². The molecule has 276 valence electrons. The molecule has 3 aliphatic rings. The number of pyridine rings is 1. The van der Waals surface area contributed by atoms with Gasteiger partial charge in [-0.25, -0.2) is 4.79 Å². The zero-order valence-electron chi connectivity index (χ0n) is 32.1. The summed E-state index contributed by atoms with van der Waals surface area (Å²) in [6, 6.07) is 10.8. The number of nitriles is 1. The van der Waals surface area contributed by atoms with Crippen LogP contribution in [-0.2, 0) is 31.7 Å². The van der Waals surface area contributed by atoms with E-state index < -0.39 is 19.5 Å². The highest BCUT2D eigenvalue weighted by molar-refractivity contribution is 7.19. The predicted octanol–water partition coefficient (Wildman–Crippen LogP) is 9.42. The molecule has 1 aromatic carbocycles. The van der Waals surface area contributed by atoms with Crippen molar-refractivity contribution in [1.82, 2.24) is 9.88 Å². The highest BCUT2D eigenvalue weighted by atomic mass is 32.1. The number of aryl methyl sites for hydroxylation is 1. The van der Waals surface area contributed by atoms with Gasteiger partial charge >= 0.3 is 6.09 Å². The Labute approximate surface area is 309 Å². The molecule has 3 aliphatic heterocycles. The molecule has 9 nitrogen and oxygen atoms in total. The third-order valence-corrected chi connectivity index (χ3v) is 16.7. The van der Waals surface area contributed by atoms with Gasteiger partial charge in [-0.2, -0.15) is 5.26 Å². The SMILES string of the molecule is CC(C)(C)OC(=O)N1C[C@@H](N2CCCc3cc(C#N)cc(-c4ccnc5cc(CO[Si](C)(C)C(C)(C)C)sc45)c32)C[C@@]1(C)CO[C@H]1CCCCO1. The summed E-state index contributed by atoms with van der Waals surface area (Å²) in [5.74, 6) is 0. The lowest BCUT2D eigenvalue weighted by Gasteiger charge is -2.38. The van der Waals surface area contributed by atoms with Crippen LogP contribution in [0.4, 0.5) is 10.5 Å². The molecule has 5 heterocycles. The molecule has 3 aromatic rings. The molecular weight excluding hydrogens is 677 g/mol. The highest BCUT2D eigenvalue weighted by Crippen LogP contribution is 2.46. The Morgan fingerprint density at radius 3 is 2.61 bits per heavy atom. The van der Waals surface area contributed by atoms with Crippen molar-refractivity contribution in [2.24, 2.45) is 0 Å². The van der Waals surface area contributed by atoms with Gasteiger partial charge in [-0.15, -0.1) is 11.3 Å². The summed E-state index contributed by atoms with van der Waals surface area (Å²) in [5.41, 5.74) is 4.82. The maximum Gasteiger partial charge on any atom is 0.410 e. The van der Waals surface area contributed by atoms with Crippen LogP contribution in [0, 0.1) is 11.3 Å². The molecule has 11 heteroatoms. The van der Waals surface area contributed by atoms with E-state index in [1.165, 1.54) is 5.56 Å². The minimum atomic E-state index is -1.93. The van der Waals surface area contributed by atoms with E-state index in [9.17, 15) is 10.1 Å². The normalized spacial score (nSPS) is 23.0. The topological polar surface area (TPSA) is 97.2 Å². The molecule has 51 heavy (non-hydrogen) atoms. The number of likely N-dealkylation sites (tertiary alicyclic amines) is 1. The first-order chi connectivity index (χ1) is 24.0. The summed E-state index contributed by atoms with van der Waals surface area (Å²) in [7, 11) is -1.93. The number of hydrogen-bond acceptors (Lipinski definition) is 9. The second-order valence-electron chi connectivity index (χ2n) is 17.3. The van der Waals surface area contributed by atoms with Crippen LogP contribution < -0.4 is 4.90 Å². The summed E-state index contributed by atoms with van der Waals surface area (Å²) in [4.78, 5) is 24.2. The van der Waals surface area contributed by atoms with Crippen LogP contribution in [0.25, 0.3) is 21.3 Å². The van der Waals surface area contributed by atoms with Crippen LogP contribution in [0.2, 0.25) is 18.1 Å². The van der Waals surface area contributed by atoms with Gasteiger partial charge in [0, 0.05) is 53.6 Å². The molecule has 0 aliphatic carbocycles. The molecule has 0 N–H and O–H groups in total. The molecule has 0 saturated carbocycles. The number of thiophene rings is 1. The Balaban J connectivity index is 1.36. The zero-order valence-corrected chi connectivity index (χ0v) is 33.9. The lowest BCUT2D eigenvalue weighted by molar-refractivity contribution is -0.177. The van der Waals surface area contributed by atoms with E-state index in [2.05, 4.69) is 70.0 Å². The molecule has 0 spiro atoms. The summed E-state index contributed by atoms with van der Waals surface area (Å²) in [6.07, 6.45) is 6.88. The molecular formula is C40H56N4O5SSi. The quantitative estimate of drug-likeness (QED) is 0.212. The van der Waals surface area contributed by atoms with E-state index in [-0.39, 0.29) is 23.5 Å². The molecule has 0 bridgehead atoms. The lowest BCUT2D eigenvalue weighted by Crippen LogP contribution is -2.50. The van der Waals surface area contributed by atoms with Gasteiger partial charge in [0.05, 0.1) is 40.6 Å². The first-order valence-electron chi connectivity index (χ1n) is 18.6. The molecule has 0 unspecified atom stereocenters. The molecule has 1 amide bonds. The monoisotopic (exact) mass is 732 g/mol. The van der Waals surface area contributed by atoms with E-state index in [1.807, 2.05) is 37.9 Å². The number of carbonyl (C=O) groups excluding carboxylic acids is 1. The number of hydrogen-bond donors (Lipinski definition) is 0. The van der Waals surface area contributed by atoms with Crippen molar-refractivity contribution >= 4 is 41.7 Å². The van der Waals surface area contributed by atoms with Crippen LogP contribution in [-0.4, -0.2) is 74.1 Å². The van der Waals surface area contributed by atoms with Crippen LogP contribution in [0.1, 0.15) is 96.6 Å². The van der Waals surface area contributed by atoms with Gasteiger partial charge < -0.3 is 23.5 Å². The number of fused-ring (bicyclic) bond motifs is 2. The molecule has 3 atom stereocenters. The van der Waals surface area contributed by atoms with Crippen molar-refractivity contribution in [2.45, 2.75) is 135 Å². The van der Waals surface area contributed by atoms with Gasteiger partial charge in [0.25, 0.3) is 0 Å². The standard InChI is InChI=1S/C40H56N4O5SSi/c1-38(2,3)49-37(45)44-24-29(22-40(44,7)26-47-34-14-10-11-18-46-34)43-17-12-13-28-19-27(23-41)20-32(35(28)43)31-15-16-42-33-21-30(50-36(31)33)25-48-51(8,9)39(4,5)6/h15-16,19-21,29,34H,10-14,17-18,22,24-26H2,1-9H3/t29-,34-,40-/m0/s1. The van der Waals surface area contributed by atoms with E-state index in [1.54, 1.807) is 11.3 Å². The number of carbonyl (C=O) groups is 1. The number of anilines is 1. The van der Waals surface area contributed by atoms with Crippen LogP contribution in [0.15, 0.2) is 30.5 Å². The Morgan fingerprint density at radius 1 is 1.14 bits per heavy atom. The van der Waals surface area contributed by atoms with Gasteiger partial charge in [0.2, 0.25) is 0 Å². The fourth-order valence-electron chi connectivity index (χ4n) is 7.34. The van der Waals surface area contributed by atoms with Crippen molar-refractivity contribution < 1.29 is 23.4 Å². The maximum atomic E-state index is 13.8. The van der Waals surface area contributed by atoms with Crippen molar-refractivity contribution in [3.63, 3.8) is 0 Å². The minimum absolute atomic E-state index is 0.0262. The predicted molar refractivity (Wildman–Crippen MR) is 207 cm³/mol. The Bertz CT molecular complexity index is 1780. The van der Waals surface area contributed by atoms with Crippen molar-refractivity contribution in [3.8, 4) is 17.2 Å². The number of ether oxygens (including phenoxy) is 3. The Hall–Kier alpha value is -3.01. The minimum Gasteiger partial charge on any atom is -0.444 e. The fraction of sp³-hybridized carbons (Fsp3) is 0.625. The maximum absolute atomic E-state index is 13.8. The van der Waals surface area contributed by atoms with E-state index in [4.69, 9.17) is 23.6 Å². The van der Waals surface area contributed by atoms with Crippen LogP contribution >= 0.6 is 11.3 Å². The summed E-state index contributed by atoms with van der Waals surface area (Å²) in [6.45, 7) is 22.2. The van der Waals surface area contributed by atoms with Gasteiger partial charge in [0.1, 0.15) is 5.60 Å². The largest absolute Gasteiger partial charge is 0.444 e. The van der Waals surface area contributed by atoms with Crippen molar-refractivity contribution in [1.29, 1.82) is 5.26 Å². The van der Waals surface area contributed by atoms with E-state index in [0.29, 0.717) is 31.9 Å². The summed E-state index contributed by atoms with van der Waals surface area (Å²) >= 11 is 1.73. The number of amides is 1. The molecule has 6 rings (SSSR count). The summed E-state index contributed by atoms with van der Waals surface area (Å²) < 4.78 is 26.0. The van der Waals surface area contributed by atoms with Gasteiger partial charge in [-0.1, -0.05) is 20.8 Å². The first kappa shape index (κ1) is 37.7. The third-order valence-electron chi connectivity index (χ3n) is 11.1. The lowest BCUT2D eigenvalue weighted by atomic mass is 9.89. The second kappa shape index (κ2) is 14.4. The van der Waals surface area contributed by atoms with Crippen LogP contribution in [0.5, 0.6) is 0 Å². The van der Waals surface area contributed by atoms with Crippen molar-refractivity contribution in [2.75, 3.05) is 31.2 Å².